The predicted molar refractivity (Wildman–Crippen MR) is 331 cm³/mol. The molecule has 3 aliphatic heterocycles. The second-order valence-corrected chi connectivity index (χ2v) is 32.1. The first kappa shape index (κ1) is 62.4. The number of furan rings is 1. The van der Waals surface area contributed by atoms with Gasteiger partial charge in [0.15, 0.2) is 31.2 Å². The Balaban J connectivity index is 0.000000182. The molecule has 5 aromatic rings. The molecule has 0 bridgehead atoms. The third kappa shape index (κ3) is 12.1. The van der Waals surface area contributed by atoms with Crippen LogP contribution in [0.5, 0.6) is 17.5 Å². The van der Waals surface area contributed by atoms with Crippen LogP contribution in [0.1, 0.15) is 112 Å². The number of hydrogen-bond acceptors (Lipinski definition) is 16. The van der Waals surface area contributed by atoms with Gasteiger partial charge in [-0.2, -0.15) is 0 Å². The molecule has 3 aromatic heterocycles. The zero-order valence-corrected chi connectivity index (χ0v) is 53.0. The fourth-order valence-corrected chi connectivity index (χ4v) is 16.0. The fraction of sp³-hybridized carbons (Fsp3) is 0.545. The number of sulfone groups is 2. The Morgan fingerprint density at radius 3 is 1.56 bits per heavy atom. The van der Waals surface area contributed by atoms with E-state index in [0.717, 1.165) is 44.7 Å². The number of aromatic nitrogens is 2. The molecule has 4 aliphatic carbocycles. The highest BCUT2D eigenvalue weighted by Crippen LogP contribution is 2.49. The summed E-state index contributed by atoms with van der Waals surface area (Å²) in [6, 6.07) is 11.6. The van der Waals surface area contributed by atoms with E-state index in [4.69, 9.17) is 18.6 Å². The summed E-state index contributed by atoms with van der Waals surface area (Å²) in [5.74, 6) is -3.61. The quantitative estimate of drug-likeness (QED) is 0.0709. The zero-order valence-electron chi connectivity index (χ0n) is 51.3. The molecule has 2 N–H and O–H groups in total. The van der Waals surface area contributed by atoms with Crippen molar-refractivity contribution in [2.45, 2.75) is 159 Å². The molecular weight excluding hydrogens is 1160 g/mol. The Bertz CT molecular complexity index is 3920. The maximum absolute atomic E-state index is 14.0. The van der Waals surface area contributed by atoms with Crippen molar-refractivity contribution >= 4 is 87.4 Å². The molecule has 0 unspecified atom stereocenters. The van der Waals surface area contributed by atoms with Gasteiger partial charge in [0.25, 0.3) is 0 Å². The minimum Gasteiger partial charge on any atom is -0.492 e. The van der Waals surface area contributed by atoms with Gasteiger partial charge in [0.2, 0.25) is 35.4 Å². The Morgan fingerprint density at radius 2 is 1.11 bits per heavy atom. The van der Waals surface area contributed by atoms with Crippen molar-refractivity contribution in [3.05, 3.63) is 92.0 Å². The molecule has 88 heavy (non-hydrogen) atoms. The van der Waals surface area contributed by atoms with Crippen molar-refractivity contribution in [1.82, 2.24) is 30.4 Å². The molecule has 10 atom stereocenters. The molecule has 7 aliphatic rings. The van der Waals surface area contributed by atoms with Crippen LogP contribution in [0.3, 0.4) is 0 Å². The molecule has 12 rings (SSSR count). The number of rotatable bonds is 20. The number of nitrogens with one attached hydrogen (secondary N) is 2. The molecular formula is C66H80N6O14S2. The van der Waals surface area contributed by atoms with Gasteiger partial charge in [-0.1, -0.05) is 79.7 Å². The third-order valence-electron chi connectivity index (χ3n) is 19.5. The number of ketones is 2. The minimum absolute atomic E-state index is 0.153. The highest BCUT2D eigenvalue weighted by atomic mass is 32.2. The smallest absolute Gasteiger partial charge is 0.243 e. The first-order valence-electron chi connectivity index (χ1n) is 30.6. The van der Waals surface area contributed by atoms with E-state index < -0.39 is 112 Å². The van der Waals surface area contributed by atoms with Gasteiger partial charge in [-0.25, -0.2) is 26.8 Å². The van der Waals surface area contributed by atoms with E-state index in [1.54, 1.807) is 35.7 Å². The van der Waals surface area contributed by atoms with Crippen LogP contribution in [0.2, 0.25) is 0 Å². The molecule has 0 spiro atoms. The number of pyridine rings is 2. The summed E-state index contributed by atoms with van der Waals surface area (Å²) in [6.07, 6.45) is 11.0. The van der Waals surface area contributed by atoms with Crippen LogP contribution >= 0.6 is 0 Å². The number of benzene rings is 2. The van der Waals surface area contributed by atoms with Crippen molar-refractivity contribution in [3.8, 4) is 17.5 Å². The van der Waals surface area contributed by atoms with Gasteiger partial charge >= 0.3 is 0 Å². The maximum atomic E-state index is 14.0. The summed E-state index contributed by atoms with van der Waals surface area (Å²) in [5.41, 5.74) is -1.53. The Morgan fingerprint density at radius 1 is 0.659 bits per heavy atom. The lowest BCUT2D eigenvalue weighted by Gasteiger charge is -2.33. The van der Waals surface area contributed by atoms with Crippen molar-refractivity contribution in [2.75, 3.05) is 31.2 Å². The monoisotopic (exact) mass is 1240 g/mol. The standard InChI is InChI=1S/C33H41N3O7S.C33H39N3O7S/c2*1-6-21-16-33(21,27(37)18-44(40,41)23-8-9-23)35-29(38)26-15-22(17-36(26)31(39)19(2)32(3,4)5)43-30-25-10-7-20-12-14-42-28(20)24(25)11-13-34-30/h6-7,10-11,13,19,21-23,26H,1,8-9,12,14-18H2,2-5H3,(H,35,38);6-7,10-14,19,21-23,26H,1,8-9,15-18H2,2-5H3,(H,35,38)/t2*19-,21-,22-,26+,33-/m11/s1. The minimum atomic E-state index is -3.57. The lowest BCUT2D eigenvalue weighted by atomic mass is 9.81. The first-order valence-corrected chi connectivity index (χ1v) is 34.0. The van der Waals surface area contributed by atoms with E-state index in [0.29, 0.717) is 49.6 Å². The lowest BCUT2D eigenvalue weighted by molar-refractivity contribution is -0.144. The van der Waals surface area contributed by atoms with E-state index in [9.17, 15) is 45.6 Å². The van der Waals surface area contributed by atoms with E-state index in [-0.39, 0.29) is 73.3 Å². The Kier molecular flexibility index (Phi) is 16.3. The number of carbonyl (C=O) groups excluding carboxylic acids is 6. The molecule has 22 heteroatoms. The third-order valence-corrected chi connectivity index (χ3v) is 23.8. The van der Waals surface area contributed by atoms with E-state index in [1.807, 2.05) is 97.9 Å². The van der Waals surface area contributed by atoms with Gasteiger partial charge in [0, 0.05) is 82.3 Å². The summed E-state index contributed by atoms with van der Waals surface area (Å²) in [5, 5.41) is 9.04. The van der Waals surface area contributed by atoms with Gasteiger partial charge in [0.1, 0.15) is 58.2 Å². The van der Waals surface area contributed by atoms with Crippen LogP contribution in [0.25, 0.3) is 32.5 Å². The SMILES string of the molecule is C=C[C@@H]1C[C@]1(NC(=O)[C@@H]1C[C@@H](Oc2nccc3c2ccc2ccoc23)CN1C(=O)[C@@H](C)C(C)(C)C)C(=O)CS(=O)(=O)C1CC1.C=C[C@@H]1C[C@]1(NC(=O)[C@@H]1C[C@@H](Oc2nccc3c4c(ccc23)CCO4)CN1C(=O)[C@@H](C)C(C)(C)C)C(=O)CS(=O)(=O)C1CC1. The maximum Gasteiger partial charge on any atom is 0.243 e. The molecule has 4 saturated carbocycles. The summed E-state index contributed by atoms with van der Waals surface area (Å²) < 4.78 is 75.0. The van der Waals surface area contributed by atoms with Crippen molar-refractivity contribution in [1.29, 1.82) is 0 Å². The van der Waals surface area contributed by atoms with Crippen molar-refractivity contribution in [2.24, 2.45) is 34.5 Å². The molecule has 2 saturated heterocycles. The van der Waals surface area contributed by atoms with Crippen LogP contribution in [0, 0.1) is 34.5 Å². The summed E-state index contributed by atoms with van der Waals surface area (Å²) >= 11 is 0. The second kappa shape index (κ2) is 23.0. The highest BCUT2D eigenvalue weighted by molar-refractivity contribution is 7.93. The van der Waals surface area contributed by atoms with Crippen LogP contribution < -0.4 is 24.8 Å². The second-order valence-electron chi connectivity index (χ2n) is 27.5. The predicted octanol–water partition coefficient (Wildman–Crippen LogP) is 7.63. The number of ether oxygens (including phenoxy) is 3. The zero-order chi connectivity index (χ0) is 63.2. The van der Waals surface area contributed by atoms with Gasteiger partial charge in [-0.3, -0.25) is 28.8 Å². The largest absolute Gasteiger partial charge is 0.492 e. The van der Waals surface area contributed by atoms with Gasteiger partial charge in [0.05, 0.1) is 36.5 Å². The number of hydrogen-bond donors (Lipinski definition) is 2. The van der Waals surface area contributed by atoms with Crippen LogP contribution in [0.4, 0.5) is 0 Å². The molecule has 6 heterocycles. The number of Topliss-reactive ketones (excluding diaryl/α,β-unsaturated/α-hetero) is 2. The summed E-state index contributed by atoms with van der Waals surface area (Å²) in [7, 11) is -7.14. The number of likely N-dealkylation sites (tertiary alicyclic amines) is 2. The number of amides is 4. The van der Waals surface area contributed by atoms with Crippen molar-refractivity contribution < 1.29 is 64.2 Å². The van der Waals surface area contributed by atoms with Gasteiger partial charge in [-0.05, 0) is 85.3 Å². The number of fused-ring (bicyclic) bond motifs is 6. The topological polar surface area (TPSA) is 268 Å². The normalized spacial score (nSPS) is 26.5. The van der Waals surface area contributed by atoms with Crippen molar-refractivity contribution in [3.63, 3.8) is 0 Å². The van der Waals surface area contributed by atoms with E-state index >= 15 is 0 Å². The first-order chi connectivity index (χ1) is 41.5. The van der Waals surface area contributed by atoms with Crippen LogP contribution in [-0.2, 0) is 54.9 Å². The Hall–Kier alpha value is -7.20. The molecule has 0 radical (unpaired) electrons. The van der Waals surface area contributed by atoms with Crippen LogP contribution in [-0.4, -0.2) is 149 Å². The average Bonchev–Trinajstić information content (AvgIpc) is 1.60. The molecule has 470 valence electrons. The summed E-state index contributed by atoms with van der Waals surface area (Å²) in [6.45, 7) is 24.0. The molecule has 4 amide bonds. The molecule has 2 aromatic carbocycles. The van der Waals surface area contributed by atoms with E-state index in [1.165, 1.54) is 4.90 Å². The summed E-state index contributed by atoms with van der Waals surface area (Å²) in [4.78, 5) is 94.4. The van der Waals surface area contributed by atoms with Gasteiger partial charge in [-0.15, -0.1) is 13.2 Å². The lowest BCUT2D eigenvalue weighted by Crippen LogP contribution is -2.55. The van der Waals surface area contributed by atoms with Gasteiger partial charge < -0.3 is 39.1 Å². The highest BCUT2D eigenvalue weighted by Gasteiger charge is 2.63. The van der Waals surface area contributed by atoms with Crippen LogP contribution in [0.15, 0.2) is 90.8 Å². The Labute approximate surface area is 513 Å². The molecule has 6 fully saturated rings. The molecule has 20 nitrogen and oxygen atoms in total. The number of carbonyl (C=O) groups is 6. The fourth-order valence-electron chi connectivity index (χ4n) is 12.6. The van der Waals surface area contributed by atoms with E-state index in [2.05, 4.69) is 33.8 Å². The average molecular weight is 1250 g/mol. The number of nitrogens with zero attached hydrogens (tertiary/aromatic N) is 4.